The molecule has 1 aromatic heterocycles. The molecule has 2 rings (SSSR count). The Bertz CT molecular complexity index is 624. The predicted molar refractivity (Wildman–Crippen MR) is 97.6 cm³/mol. The average molecular weight is 383 g/mol. The molecule has 1 saturated heterocycles. The molecule has 0 unspecified atom stereocenters. The van der Waals surface area contributed by atoms with Gasteiger partial charge in [-0.25, -0.2) is 9.78 Å². The Kier molecular flexibility index (Phi) is 7.46. The topological polar surface area (TPSA) is 141 Å². The molecule has 26 heavy (non-hydrogen) atoms. The van der Waals surface area contributed by atoms with Crippen LogP contribution in [0.4, 0.5) is 0 Å². The van der Waals surface area contributed by atoms with Crippen molar-refractivity contribution in [3.05, 3.63) is 18.2 Å². The third-order valence-corrected chi connectivity index (χ3v) is 5.03. The molecule has 144 valence electrons. The van der Waals surface area contributed by atoms with Crippen molar-refractivity contribution in [2.45, 2.75) is 43.8 Å². The summed E-state index contributed by atoms with van der Waals surface area (Å²) in [7, 11) is 0. The summed E-state index contributed by atoms with van der Waals surface area (Å²) in [6.45, 7) is 0.460. The number of rotatable bonds is 9. The molecule has 0 aliphatic carbocycles. The fourth-order valence-electron chi connectivity index (χ4n) is 2.97. The fourth-order valence-corrected chi connectivity index (χ4v) is 3.46. The van der Waals surface area contributed by atoms with E-state index >= 15 is 0 Å². The highest BCUT2D eigenvalue weighted by Gasteiger charge is 2.37. The van der Waals surface area contributed by atoms with Gasteiger partial charge in [0.05, 0.1) is 12.4 Å². The number of carbonyl (C=O) groups is 3. The van der Waals surface area contributed by atoms with Gasteiger partial charge in [-0.1, -0.05) is 0 Å². The van der Waals surface area contributed by atoms with Crippen LogP contribution in [0.3, 0.4) is 0 Å². The van der Waals surface area contributed by atoms with E-state index < -0.39 is 30.0 Å². The highest BCUT2D eigenvalue weighted by molar-refractivity contribution is 7.98. The third kappa shape index (κ3) is 5.21. The molecule has 5 N–H and O–H groups in total. The summed E-state index contributed by atoms with van der Waals surface area (Å²) in [5.41, 5.74) is 6.55. The van der Waals surface area contributed by atoms with E-state index in [4.69, 9.17) is 5.73 Å². The highest BCUT2D eigenvalue weighted by Crippen LogP contribution is 2.19. The predicted octanol–water partition coefficient (Wildman–Crippen LogP) is -0.407. The van der Waals surface area contributed by atoms with Crippen LogP contribution >= 0.6 is 11.8 Å². The number of amides is 2. The molecule has 1 fully saturated rings. The quantitative estimate of drug-likeness (QED) is 0.454. The average Bonchev–Trinajstić information content (AvgIpc) is 3.29. The molecule has 2 heterocycles. The maximum absolute atomic E-state index is 12.6. The van der Waals surface area contributed by atoms with E-state index in [1.807, 2.05) is 6.26 Å². The van der Waals surface area contributed by atoms with Crippen LogP contribution in [0.15, 0.2) is 12.5 Å². The van der Waals surface area contributed by atoms with Gasteiger partial charge in [0.15, 0.2) is 0 Å². The highest BCUT2D eigenvalue weighted by atomic mass is 32.2. The fraction of sp³-hybridized carbons (Fsp3) is 0.625. The number of aliphatic carboxylic acids is 1. The molecule has 1 aromatic rings. The lowest BCUT2D eigenvalue weighted by atomic mass is 10.1. The molecule has 0 bridgehead atoms. The second-order valence-electron chi connectivity index (χ2n) is 6.26. The number of nitrogens with two attached hydrogens (primary N) is 1. The minimum atomic E-state index is -1.14. The molecule has 0 saturated carbocycles. The normalized spacial score (nSPS) is 19.2. The summed E-state index contributed by atoms with van der Waals surface area (Å²) in [6, 6.07) is -2.41. The summed E-state index contributed by atoms with van der Waals surface area (Å²) < 4.78 is 0. The summed E-state index contributed by atoms with van der Waals surface area (Å²) in [5.74, 6) is -1.08. The first-order valence-electron chi connectivity index (χ1n) is 8.49. The maximum atomic E-state index is 12.6. The van der Waals surface area contributed by atoms with E-state index in [1.54, 1.807) is 11.8 Å². The van der Waals surface area contributed by atoms with Gasteiger partial charge in [0.25, 0.3) is 0 Å². The zero-order chi connectivity index (χ0) is 19.1. The molecule has 0 aromatic carbocycles. The number of imidazole rings is 1. The number of aromatic nitrogens is 2. The van der Waals surface area contributed by atoms with Crippen LogP contribution in [0, 0.1) is 0 Å². The Labute approximate surface area is 156 Å². The summed E-state index contributed by atoms with van der Waals surface area (Å²) in [6.07, 6.45) is 6.73. The zero-order valence-corrected chi connectivity index (χ0v) is 15.5. The molecule has 1 aliphatic heterocycles. The van der Waals surface area contributed by atoms with Crippen molar-refractivity contribution in [3.63, 3.8) is 0 Å². The van der Waals surface area contributed by atoms with Crippen LogP contribution in [-0.2, 0) is 20.8 Å². The standard InChI is InChI=1S/C16H25N5O4S/c1-26-6-4-11(17)15(23)21-5-2-3-13(21)14(22)20-12(16(24)25)7-10-8-18-9-19-10/h8-9,11-13H,2-7,17H2,1H3,(H,18,19)(H,20,22)(H,24,25)/t11-,12-,13-/m0/s1. The second-order valence-corrected chi connectivity index (χ2v) is 7.24. The number of carboxylic acid groups (broad SMARTS) is 1. The molecule has 9 nitrogen and oxygen atoms in total. The number of H-pyrrole nitrogens is 1. The van der Waals surface area contributed by atoms with E-state index in [1.165, 1.54) is 17.4 Å². The van der Waals surface area contributed by atoms with Crippen LogP contribution in [-0.4, -0.2) is 74.4 Å². The molecular weight excluding hydrogens is 358 g/mol. The first kappa shape index (κ1) is 20.2. The number of nitrogens with one attached hydrogen (secondary N) is 2. The van der Waals surface area contributed by atoms with Crippen molar-refractivity contribution in [2.24, 2.45) is 5.73 Å². The van der Waals surface area contributed by atoms with Crippen molar-refractivity contribution >= 4 is 29.5 Å². The summed E-state index contributed by atoms with van der Waals surface area (Å²) in [5, 5.41) is 11.9. The molecule has 0 spiro atoms. The lowest BCUT2D eigenvalue weighted by Gasteiger charge is -2.27. The van der Waals surface area contributed by atoms with E-state index in [9.17, 15) is 19.5 Å². The van der Waals surface area contributed by atoms with Gasteiger partial charge in [-0.05, 0) is 31.3 Å². The van der Waals surface area contributed by atoms with Gasteiger partial charge in [0, 0.05) is 24.9 Å². The van der Waals surface area contributed by atoms with Crippen molar-refractivity contribution in [1.29, 1.82) is 0 Å². The van der Waals surface area contributed by atoms with Gasteiger partial charge >= 0.3 is 5.97 Å². The van der Waals surface area contributed by atoms with Gasteiger partial charge < -0.3 is 26.0 Å². The van der Waals surface area contributed by atoms with Crippen molar-refractivity contribution in [2.75, 3.05) is 18.6 Å². The van der Waals surface area contributed by atoms with Crippen LogP contribution in [0.2, 0.25) is 0 Å². The van der Waals surface area contributed by atoms with Crippen molar-refractivity contribution in [3.8, 4) is 0 Å². The maximum Gasteiger partial charge on any atom is 0.326 e. The van der Waals surface area contributed by atoms with E-state index in [-0.39, 0.29) is 12.3 Å². The number of thioether (sulfide) groups is 1. The molecule has 3 atom stereocenters. The number of carbonyl (C=O) groups excluding carboxylic acids is 2. The number of hydrogen-bond acceptors (Lipinski definition) is 6. The van der Waals surface area contributed by atoms with Crippen LogP contribution in [0.25, 0.3) is 0 Å². The lowest BCUT2D eigenvalue weighted by molar-refractivity contribution is -0.144. The summed E-state index contributed by atoms with van der Waals surface area (Å²) in [4.78, 5) is 44.7. The Morgan fingerprint density at radius 1 is 1.54 bits per heavy atom. The van der Waals surface area contributed by atoms with Gasteiger partial charge in [-0.2, -0.15) is 11.8 Å². The number of aromatic amines is 1. The lowest BCUT2D eigenvalue weighted by Crippen LogP contribution is -2.54. The zero-order valence-electron chi connectivity index (χ0n) is 14.7. The Morgan fingerprint density at radius 3 is 2.92 bits per heavy atom. The Hall–Kier alpha value is -2.07. The van der Waals surface area contributed by atoms with E-state index in [0.717, 1.165) is 5.75 Å². The van der Waals surface area contributed by atoms with E-state index in [0.29, 0.717) is 31.5 Å². The van der Waals surface area contributed by atoms with Gasteiger partial charge in [0.1, 0.15) is 12.1 Å². The monoisotopic (exact) mass is 383 g/mol. The molecule has 10 heteroatoms. The third-order valence-electron chi connectivity index (χ3n) is 4.38. The van der Waals surface area contributed by atoms with Crippen LogP contribution in [0.1, 0.15) is 25.0 Å². The van der Waals surface area contributed by atoms with Gasteiger partial charge in [-0.3, -0.25) is 9.59 Å². The van der Waals surface area contributed by atoms with Crippen LogP contribution in [0.5, 0.6) is 0 Å². The molecular formula is C16H25N5O4S. The van der Waals surface area contributed by atoms with Crippen molar-refractivity contribution < 1.29 is 19.5 Å². The molecule has 1 aliphatic rings. The minimum Gasteiger partial charge on any atom is -0.480 e. The number of likely N-dealkylation sites (tertiary alicyclic amines) is 1. The Balaban J connectivity index is 1.99. The number of nitrogens with zero attached hydrogens (tertiary/aromatic N) is 2. The molecule has 2 amide bonds. The minimum absolute atomic E-state index is 0.0922. The smallest absolute Gasteiger partial charge is 0.326 e. The molecule has 0 radical (unpaired) electrons. The first-order valence-corrected chi connectivity index (χ1v) is 9.88. The number of hydrogen-bond donors (Lipinski definition) is 4. The Morgan fingerprint density at radius 2 is 2.31 bits per heavy atom. The van der Waals surface area contributed by atoms with Gasteiger partial charge in [0.2, 0.25) is 11.8 Å². The van der Waals surface area contributed by atoms with Crippen molar-refractivity contribution in [1.82, 2.24) is 20.2 Å². The first-order chi connectivity index (χ1) is 12.4. The van der Waals surface area contributed by atoms with Crippen LogP contribution < -0.4 is 11.1 Å². The second kappa shape index (κ2) is 9.58. The largest absolute Gasteiger partial charge is 0.480 e. The summed E-state index contributed by atoms with van der Waals surface area (Å²) >= 11 is 1.61. The van der Waals surface area contributed by atoms with E-state index in [2.05, 4.69) is 15.3 Å². The SMILES string of the molecule is CSCC[C@H](N)C(=O)N1CCC[C@H]1C(=O)N[C@@H](Cc1cnc[nH]1)C(=O)O. The number of carboxylic acids is 1. The van der Waals surface area contributed by atoms with Gasteiger partial charge in [-0.15, -0.1) is 0 Å².